The average molecular weight is 764 g/mol. The number of phenolic OH excluding ortho intramolecular Hbond substituents is 2. The zero-order valence-electron chi connectivity index (χ0n) is 30.8. The van der Waals surface area contributed by atoms with Crippen LogP contribution < -0.4 is 0 Å². The Kier molecular flexibility index (Phi) is 9.53. The Morgan fingerprint density at radius 2 is 1.63 bits per heavy atom. The summed E-state index contributed by atoms with van der Waals surface area (Å²) in [5.41, 5.74) is 8.13. The molecule has 1 saturated heterocycles. The van der Waals surface area contributed by atoms with E-state index in [1.54, 1.807) is 22.3 Å². The summed E-state index contributed by atoms with van der Waals surface area (Å²) in [5, 5.41) is 31.2. The van der Waals surface area contributed by atoms with Crippen LogP contribution in [-0.2, 0) is 30.8 Å². The molecule has 0 spiro atoms. The van der Waals surface area contributed by atoms with Crippen LogP contribution >= 0.6 is 22.9 Å². The van der Waals surface area contributed by atoms with Crippen LogP contribution in [0, 0.1) is 20.8 Å². The van der Waals surface area contributed by atoms with Crippen molar-refractivity contribution < 1.29 is 19.8 Å². The van der Waals surface area contributed by atoms with Crippen molar-refractivity contribution in [2.45, 2.75) is 66.2 Å². The molecule has 54 heavy (non-hydrogen) atoms. The lowest BCUT2D eigenvalue weighted by atomic mass is 9.99. The molecule has 8 rings (SSSR count). The number of amides is 2. The smallest absolute Gasteiger partial charge is 0.258 e. The first-order valence-electron chi connectivity index (χ1n) is 18.3. The normalized spacial score (nSPS) is 16.8. The van der Waals surface area contributed by atoms with Crippen LogP contribution in [0.3, 0.4) is 0 Å². The number of carbonyl (C=O) groups is 2. The standard InChI is InChI=1S/C41H42ClN7O4S/c1-5-27-17-32(35(51)19-34(27)50)40(53)48-21-29-7-6-26(16-30(29)22-48)20-46-12-14-47(15-13-46)36(52)18-33-39-45-44-25(4)49(39)41-37(23(2)24(3)54-41)38(43-33)28-8-10-31(42)11-9-28/h6-11,16-17,19,33,50-51H,5,12-15,18,20-22H2,1-4H3/t33-/m0/s1. The van der Waals surface area contributed by atoms with Crippen LogP contribution in [0.25, 0.3) is 5.00 Å². The number of phenols is 2. The van der Waals surface area contributed by atoms with Gasteiger partial charge in [0.05, 0.1) is 17.7 Å². The van der Waals surface area contributed by atoms with Crippen LogP contribution in [0.1, 0.15) is 85.2 Å². The number of fused-ring (bicyclic) bond motifs is 4. The minimum atomic E-state index is -0.508. The minimum Gasteiger partial charge on any atom is -0.508 e. The molecule has 0 saturated carbocycles. The van der Waals surface area contributed by atoms with Gasteiger partial charge in [0.2, 0.25) is 5.91 Å². The van der Waals surface area contributed by atoms with Crippen molar-refractivity contribution in [3.63, 3.8) is 0 Å². The number of aromatic nitrogens is 3. The van der Waals surface area contributed by atoms with Crippen molar-refractivity contribution in [2.75, 3.05) is 26.2 Å². The summed E-state index contributed by atoms with van der Waals surface area (Å²) in [5.74, 6) is 0.999. The molecule has 0 radical (unpaired) electrons. The highest BCUT2D eigenvalue weighted by molar-refractivity contribution is 7.15. The van der Waals surface area contributed by atoms with E-state index in [0.29, 0.717) is 49.0 Å². The van der Waals surface area contributed by atoms with Gasteiger partial charge in [0, 0.05) is 72.9 Å². The third-order valence-electron chi connectivity index (χ3n) is 10.9. The second-order valence-corrected chi connectivity index (χ2v) is 16.0. The Balaban J connectivity index is 0.937. The maximum Gasteiger partial charge on any atom is 0.258 e. The number of piperazine rings is 1. The summed E-state index contributed by atoms with van der Waals surface area (Å²) in [6.45, 7) is 12.4. The number of aryl methyl sites for hydroxylation is 3. The maximum atomic E-state index is 14.0. The molecule has 13 heteroatoms. The van der Waals surface area contributed by atoms with Crippen molar-refractivity contribution in [1.29, 1.82) is 0 Å². The molecule has 0 bridgehead atoms. The predicted molar refractivity (Wildman–Crippen MR) is 209 cm³/mol. The monoisotopic (exact) mass is 763 g/mol. The van der Waals surface area contributed by atoms with Gasteiger partial charge in [-0.25, -0.2) is 0 Å². The third-order valence-corrected chi connectivity index (χ3v) is 12.4. The van der Waals surface area contributed by atoms with E-state index in [9.17, 15) is 19.8 Å². The number of benzene rings is 3. The molecule has 2 N–H and O–H groups in total. The molecule has 2 aromatic heterocycles. The van der Waals surface area contributed by atoms with Gasteiger partial charge in [-0.2, -0.15) is 0 Å². The molecule has 278 valence electrons. The Bertz CT molecular complexity index is 2320. The van der Waals surface area contributed by atoms with Gasteiger partial charge in [-0.05, 0) is 73.2 Å². The molecule has 3 aliphatic heterocycles. The van der Waals surface area contributed by atoms with Gasteiger partial charge in [-0.15, -0.1) is 21.5 Å². The van der Waals surface area contributed by atoms with Gasteiger partial charge in [0.15, 0.2) is 5.82 Å². The number of halogens is 1. The first-order valence-corrected chi connectivity index (χ1v) is 19.5. The fourth-order valence-electron chi connectivity index (χ4n) is 7.78. The van der Waals surface area contributed by atoms with E-state index in [-0.39, 0.29) is 35.3 Å². The van der Waals surface area contributed by atoms with Crippen molar-refractivity contribution >= 4 is 40.5 Å². The van der Waals surface area contributed by atoms with Crippen molar-refractivity contribution in [3.8, 4) is 16.5 Å². The Labute approximate surface area is 323 Å². The van der Waals surface area contributed by atoms with Gasteiger partial charge in [-0.1, -0.05) is 48.9 Å². The summed E-state index contributed by atoms with van der Waals surface area (Å²) in [4.78, 5) is 39.9. The lowest BCUT2D eigenvalue weighted by molar-refractivity contribution is -0.133. The predicted octanol–water partition coefficient (Wildman–Crippen LogP) is 6.66. The summed E-state index contributed by atoms with van der Waals surface area (Å²) >= 11 is 7.96. The Hall–Kier alpha value is -5.04. The highest BCUT2D eigenvalue weighted by Gasteiger charge is 2.34. The molecule has 3 aliphatic rings. The second-order valence-electron chi connectivity index (χ2n) is 14.4. The number of carbonyl (C=O) groups excluding carboxylic acids is 2. The summed E-state index contributed by atoms with van der Waals surface area (Å²) in [6.07, 6.45) is 0.739. The fourth-order valence-corrected chi connectivity index (χ4v) is 9.12. The number of hydrogen-bond acceptors (Lipinski definition) is 9. The number of aromatic hydroxyl groups is 2. The largest absolute Gasteiger partial charge is 0.508 e. The van der Waals surface area contributed by atoms with E-state index in [1.807, 2.05) is 43.0 Å². The van der Waals surface area contributed by atoms with Crippen molar-refractivity contribution in [2.24, 2.45) is 4.99 Å². The summed E-state index contributed by atoms with van der Waals surface area (Å²) < 4.78 is 2.08. The molecule has 3 aromatic carbocycles. The minimum absolute atomic E-state index is 0.00762. The molecular formula is C41H42ClN7O4S. The first-order chi connectivity index (χ1) is 26.0. The van der Waals surface area contributed by atoms with Gasteiger partial charge in [-0.3, -0.25) is 24.0 Å². The molecule has 0 aliphatic carbocycles. The van der Waals surface area contributed by atoms with E-state index in [0.717, 1.165) is 69.6 Å². The lowest BCUT2D eigenvalue weighted by Gasteiger charge is -2.35. The average Bonchev–Trinajstić information content (AvgIpc) is 3.82. The lowest BCUT2D eigenvalue weighted by Crippen LogP contribution is -2.48. The van der Waals surface area contributed by atoms with Crippen molar-refractivity contribution in [1.82, 2.24) is 29.5 Å². The van der Waals surface area contributed by atoms with E-state index < -0.39 is 6.04 Å². The Morgan fingerprint density at radius 3 is 2.37 bits per heavy atom. The highest BCUT2D eigenvalue weighted by Crippen LogP contribution is 2.40. The molecule has 5 heterocycles. The number of nitrogens with zero attached hydrogens (tertiary/aromatic N) is 7. The molecule has 1 fully saturated rings. The molecule has 2 amide bonds. The molecule has 0 unspecified atom stereocenters. The number of thiophene rings is 1. The van der Waals surface area contributed by atoms with Crippen molar-refractivity contribution in [3.05, 3.63) is 121 Å². The molecule has 5 aromatic rings. The number of rotatable bonds is 7. The first kappa shape index (κ1) is 36.0. The van der Waals surface area contributed by atoms with Gasteiger partial charge in [0.25, 0.3) is 5.91 Å². The zero-order chi connectivity index (χ0) is 37.8. The fraction of sp³-hybridized carbons (Fsp3) is 0.341. The molecule has 11 nitrogen and oxygen atoms in total. The zero-order valence-corrected chi connectivity index (χ0v) is 32.3. The quantitative estimate of drug-likeness (QED) is 0.190. The van der Waals surface area contributed by atoms with E-state index in [4.69, 9.17) is 16.6 Å². The number of hydrogen-bond donors (Lipinski definition) is 2. The Morgan fingerprint density at radius 1 is 0.889 bits per heavy atom. The van der Waals surface area contributed by atoms with Crippen LogP contribution in [0.2, 0.25) is 5.02 Å². The third kappa shape index (κ3) is 6.56. The van der Waals surface area contributed by atoms with Gasteiger partial charge < -0.3 is 20.0 Å². The van der Waals surface area contributed by atoms with E-state index in [2.05, 4.69) is 51.7 Å². The number of aliphatic imine (C=N–C) groups is 1. The van der Waals surface area contributed by atoms with Crippen LogP contribution in [0.15, 0.2) is 59.6 Å². The van der Waals surface area contributed by atoms with Gasteiger partial charge >= 0.3 is 0 Å². The van der Waals surface area contributed by atoms with Crippen LogP contribution in [0.4, 0.5) is 0 Å². The molecule has 1 atom stereocenters. The highest BCUT2D eigenvalue weighted by atomic mass is 35.5. The topological polar surface area (TPSA) is 127 Å². The van der Waals surface area contributed by atoms with E-state index >= 15 is 0 Å². The SMILES string of the molecule is CCc1cc(C(=O)N2Cc3ccc(CN4CCN(C(=O)C[C@@H]5N=C(c6ccc(Cl)cc6)c6c(sc(C)c6C)-n6c(C)nnc65)CC4)cc3C2)c(O)cc1O. The maximum absolute atomic E-state index is 14.0. The van der Waals surface area contributed by atoms with Gasteiger partial charge in [0.1, 0.15) is 28.4 Å². The van der Waals surface area contributed by atoms with Crippen LogP contribution in [-0.4, -0.2) is 83.4 Å². The van der Waals surface area contributed by atoms with E-state index in [1.165, 1.54) is 10.9 Å². The second kappa shape index (κ2) is 14.3. The molecular weight excluding hydrogens is 722 g/mol. The summed E-state index contributed by atoms with van der Waals surface area (Å²) in [6, 6.07) is 16.4. The summed E-state index contributed by atoms with van der Waals surface area (Å²) in [7, 11) is 0. The van der Waals surface area contributed by atoms with Crippen LogP contribution in [0.5, 0.6) is 11.5 Å².